The van der Waals surface area contributed by atoms with Crippen molar-refractivity contribution in [3.63, 3.8) is 0 Å². The van der Waals surface area contributed by atoms with Gasteiger partial charge in [-0.15, -0.1) is 11.8 Å². The third kappa shape index (κ3) is 7.50. The molecule has 5 rings (SSSR count). The summed E-state index contributed by atoms with van der Waals surface area (Å²) in [5.74, 6) is 0.512. The highest BCUT2D eigenvalue weighted by molar-refractivity contribution is 8.00. The average molecular weight is 603 g/mol. The van der Waals surface area contributed by atoms with E-state index in [4.69, 9.17) is 4.74 Å². The van der Waals surface area contributed by atoms with Crippen molar-refractivity contribution in [1.82, 2.24) is 10.3 Å². The summed E-state index contributed by atoms with van der Waals surface area (Å²) in [5.41, 5.74) is 4.84. The molecule has 0 bridgehead atoms. The summed E-state index contributed by atoms with van der Waals surface area (Å²) >= 11 is 1.74. The molecule has 0 fully saturated rings. The van der Waals surface area contributed by atoms with E-state index in [1.54, 1.807) is 11.8 Å². The van der Waals surface area contributed by atoms with Crippen LogP contribution in [0.1, 0.15) is 43.0 Å². The lowest BCUT2D eigenvalue weighted by atomic mass is 9.84. The summed E-state index contributed by atoms with van der Waals surface area (Å²) in [6.07, 6.45) is -0.171. The standard InChI is InChI=1S/C38H38N2O3S/c1-37(2,3)43-36(42)39-33(26-29-24-25-34(40-35(29)41)28-16-8-4-9-17-28)27-44-38(30-18-10-5-11-19-30,31-20-12-6-13-21-31)32-22-14-7-15-23-32/h4-25,33H,26-27H2,1-3H3,(H,39,42)(H,40,41). The van der Waals surface area contributed by atoms with Gasteiger partial charge in [0.2, 0.25) is 0 Å². The normalized spacial score (nSPS) is 12.3. The van der Waals surface area contributed by atoms with Crippen LogP contribution in [0.4, 0.5) is 4.79 Å². The van der Waals surface area contributed by atoms with E-state index < -0.39 is 22.5 Å². The first-order chi connectivity index (χ1) is 21.2. The van der Waals surface area contributed by atoms with Crippen LogP contribution < -0.4 is 10.9 Å². The number of hydrogen-bond donors (Lipinski definition) is 2. The Morgan fingerprint density at radius 1 is 0.727 bits per heavy atom. The number of nitrogens with one attached hydrogen (secondary N) is 2. The SMILES string of the molecule is CC(C)(C)OC(=O)NC(CSC(c1ccccc1)(c1ccccc1)c1ccccc1)Cc1ccc(-c2ccccc2)[nH]c1=O. The molecule has 0 aliphatic carbocycles. The van der Waals surface area contributed by atoms with Gasteiger partial charge in [-0.25, -0.2) is 4.79 Å². The molecule has 0 saturated heterocycles. The van der Waals surface area contributed by atoms with Crippen LogP contribution in [0, 0.1) is 0 Å². The van der Waals surface area contributed by atoms with Crippen molar-refractivity contribution in [2.45, 2.75) is 43.6 Å². The lowest BCUT2D eigenvalue weighted by Crippen LogP contribution is -2.43. The first-order valence-electron chi connectivity index (χ1n) is 14.8. The van der Waals surface area contributed by atoms with Crippen LogP contribution in [0.5, 0.6) is 0 Å². The predicted molar refractivity (Wildman–Crippen MR) is 181 cm³/mol. The van der Waals surface area contributed by atoms with Gasteiger partial charge in [-0.1, -0.05) is 127 Å². The largest absolute Gasteiger partial charge is 0.444 e. The smallest absolute Gasteiger partial charge is 0.407 e. The van der Waals surface area contributed by atoms with Crippen LogP contribution in [-0.2, 0) is 15.9 Å². The quantitative estimate of drug-likeness (QED) is 0.158. The maximum absolute atomic E-state index is 13.3. The zero-order chi connectivity index (χ0) is 31.0. The molecule has 0 aliphatic heterocycles. The maximum Gasteiger partial charge on any atom is 0.407 e. The number of H-pyrrole nitrogens is 1. The molecular formula is C38H38N2O3S. The molecule has 224 valence electrons. The topological polar surface area (TPSA) is 71.2 Å². The summed E-state index contributed by atoms with van der Waals surface area (Å²) in [6.45, 7) is 5.53. The van der Waals surface area contributed by atoms with Gasteiger partial charge in [0.05, 0.1) is 4.75 Å². The van der Waals surface area contributed by atoms with Gasteiger partial charge in [0.25, 0.3) is 5.56 Å². The van der Waals surface area contributed by atoms with E-state index in [9.17, 15) is 9.59 Å². The molecule has 1 heterocycles. The van der Waals surface area contributed by atoms with Crippen LogP contribution in [-0.4, -0.2) is 28.5 Å². The van der Waals surface area contributed by atoms with Gasteiger partial charge in [0, 0.05) is 23.1 Å². The number of thioether (sulfide) groups is 1. The fourth-order valence-electron chi connectivity index (χ4n) is 5.34. The second kappa shape index (κ2) is 13.8. The first kappa shape index (κ1) is 30.9. The Bertz CT molecular complexity index is 1600. The fourth-order valence-corrected chi connectivity index (χ4v) is 6.90. The van der Waals surface area contributed by atoms with Crippen molar-refractivity contribution in [2.24, 2.45) is 0 Å². The summed E-state index contributed by atoms with van der Waals surface area (Å²) in [6, 6.07) is 44.4. The fraction of sp³-hybridized carbons (Fsp3) is 0.211. The highest BCUT2D eigenvalue weighted by Crippen LogP contribution is 2.48. The Hall–Kier alpha value is -4.55. The second-order valence-electron chi connectivity index (χ2n) is 11.7. The number of benzene rings is 4. The number of aromatic amines is 1. The summed E-state index contributed by atoms with van der Waals surface area (Å²) in [7, 11) is 0. The minimum absolute atomic E-state index is 0.173. The Balaban J connectivity index is 1.52. The van der Waals surface area contributed by atoms with Gasteiger partial charge < -0.3 is 15.0 Å². The maximum atomic E-state index is 13.3. The summed E-state index contributed by atoms with van der Waals surface area (Å²) < 4.78 is 5.09. The third-order valence-corrected chi connectivity index (χ3v) is 9.01. The lowest BCUT2D eigenvalue weighted by Gasteiger charge is -2.36. The van der Waals surface area contributed by atoms with E-state index in [1.165, 1.54) is 0 Å². The molecule has 4 aromatic carbocycles. The molecule has 1 aromatic heterocycles. The highest BCUT2D eigenvalue weighted by atomic mass is 32.2. The second-order valence-corrected chi connectivity index (χ2v) is 13.0. The van der Waals surface area contributed by atoms with Crippen molar-refractivity contribution in [1.29, 1.82) is 0 Å². The van der Waals surface area contributed by atoms with Gasteiger partial charge in [-0.3, -0.25) is 4.79 Å². The Labute approximate surface area is 263 Å². The van der Waals surface area contributed by atoms with Gasteiger partial charge in [-0.2, -0.15) is 0 Å². The zero-order valence-electron chi connectivity index (χ0n) is 25.3. The van der Waals surface area contributed by atoms with Gasteiger partial charge >= 0.3 is 6.09 Å². The van der Waals surface area contributed by atoms with Crippen molar-refractivity contribution >= 4 is 17.9 Å². The van der Waals surface area contributed by atoms with Crippen LogP contribution in [0.2, 0.25) is 0 Å². The Morgan fingerprint density at radius 2 is 1.20 bits per heavy atom. The van der Waals surface area contributed by atoms with E-state index in [0.29, 0.717) is 17.7 Å². The van der Waals surface area contributed by atoms with E-state index in [1.807, 2.05) is 81.4 Å². The number of alkyl carbamates (subject to hydrolysis) is 1. The number of aromatic nitrogens is 1. The number of ether oxygens (including phenoxy) is 1. The molecule has 0 saturated carbocycles. The molecule has 1 amide bonds. The zero-order valence-corrected chi connectivity index (χ0v) is 26.1. The molecule has 5 aromatic rings. The average Bonchev–Trinajstić information content (AvgIpc) is 3.03. The third-order valence-electron chi connectivity index (χ3n) is 7.30. The monoisotopic (exact) mass is 602 g/mol. The Morgan fingerprint density at radius 3 is 1.66 bits per heavy atom. The van der Waals surface area contributed by atoms with E-state index >= 15 is 0 Å². The van der Waals surface area contributed by atoms with Crippen LogP contribution in [0.25, 0.3) is 11.3 Å². The van der Waals surface area contributed by atoms with Crippen LogP contribution >= 0.6 is 11.8 Å². The summed E-state index contributed by atoms with van der Waals surface area (Å²) in [4.78, 5) is 29.4. The molecule has 44 heavy (non-hydrogen) atoms. The lowest BCUT2D eigenvalue weighted by molar-refractivity contribution is 0.0509. The summed E-state index contributed by atoms with van der Waals surface area (Å²) in [5, 5.41) is 3.09. The number of carbonyl (C=O) groups excluding carboxylic acids is 1. The minimum atomic E-state index is -0.654. The molecular weight excluding hydrogens is 564 g/mol. The van der Waals surface area contributed by atoms with Crippen molar-refractivity contribution in [3.8, 4) is 11.3 Å². The molecule has 2 N–H and O–H groups in total. The molecule has 1 atom stereocenters. The van der Waals surface area contributed by atoms with Crippen LogP contribution in [0.3, 0.4) is 0 Å². The van der Waals surface area contributed by atoms with Crippen molar-refractivity contribution in [3.05, 3.63) is 166 Å². The molecule has 0 aliphatic rings. The number of rotatable bonds is 10. The van der Waals surface area contributed by atoms with E-state index in [0.717, 1.165) is 27.9 Å². The van der Waals surface area contributed by atoms with E-state index in [2.05, 4.69) is 83.1 Å². The number of hydrogen-bond acceptors (Lipinski definition) is 4. The predicted octanol–water partition coefficient (Wildman–Crippen LogP) is 8.20. The molecule has 6 heteroatoms. The molecule has 5 nitrogen and oxygen atoms in total. The molecule has 1 unspecified atom stereocenters. The first-order valence-corrected chi connectivity index (χ1v) is 15.8. The minimum Gasteiger partial charge on any atom is -0.444 e. The van der Waals surface area contributed by atoms with Gasteiger partial charge in [0.1, 0.15) is 5.60 Å². The van der Waals surface area contributed by atoms with E-state index in [-0.39, 0.29) is 5.56 Å². The van der Waals surface area contributed by atoms with Gasteiger partial charge in [0.15, 0.2) is 0 Å². The number of pyridine rings is 1. The number of carbonyl (C=O) groups is 1. The van der Waals surface area contributed by atoms with Crippen LogP contribution in [0.15, 0.2) is 138 Å². The van der Waals surface area contributed by atoms with Crippen molar-refractivity contribution < 1.29 is 9.53 Å². The molecule has 0 spiro atoms. The number of amides is 1. The van der Waals surface area contributed by atoms with Crippen molar-refractivity contribution in [2.75, 3.05) is 5.75 Å². The van der Waals surface area contributed by atoms with Gasteiger partial charge in [-0.05, 0) is 55.5 Å². The molecule has 0 radical (unpaired) electrons. The Kier molecular flexibility index (Phi) is 9.71. The highest BCUT2D eigenvalue weighted by Gasteiger charge is 2.38.